The second-order valence-corrected chi connectivity index (χ2v) is 2.91. The van der Waals surface area contributed by atoms with E-state index in [2.05, 4.69) is 0 Å². The molecule has 2 nitrogen and oxygen atoms in total. The quantitative estimate of drug-likeness (QED) is 0.708. The lowest BCUT2D eigenvalue weighted by Crippen LogP contribution is -2.01. The summed E-state index contributed by atoms with van der Waals surface area (Å²) in [5, 5.41) is 0. The van der Waals surface area contributed by atoms with Gasteiger partial charge in [0.25, 0.3) is 0 Å². The molecule has 0 N–H and O–H groups in total. The van der Waals surface area contributed by atoms with E-state index in [1.807, 2.05) is 0 Å². The maximum Gasteiger partial charge on any atom is 0.124 e. The highest BCUT2D eigenvalue weighted by molar-refractivity contribution is 6.17. The summed E-state index contributed by atoms with van der Waals surface area (Å²) in [7, 11) is 1.58. The Morgan fingerprint density at radius 2 is 2.21 bits per heavy atom. The first kappa shape index (κ1) is 11.1. The fraction of sp³-hybridized carbons (Fsp3) is 0.400. The van der Waals surface area contributed by atoms with Crippen LogP contribution in [-0.2, 0) is 5.88 Å². The van der Waals surface area contributed by atoms with Gasteiger partial charge in [0.15, 0.2) is 0 Å². The molecule has 4 heteroatoms. The summed E-state index contributed by atoms with van der Waals surface area (Å²) in [5.41, 5.74) is 0.805. The summed E-state index contributed by atoms with van der Waals surface area (Å²) in [5.74, 6) is 1.64. The minimum absolute atomic E-state index is 0.0518. The van der Waals surface area contributed by atoms with Crippen LogP contribution in [0.2, 0.25) is 0 Å². The van der Waals surface area contributed by atoms with Gasteiger partial charge >= 0.3 is 0 Å². The Morgan fingerprint density at radius 3 is 2.79 bits per heavy atom. The van der Waals surface area contributed by atoms with Crippen LogP contribution in [-0.4, -0.2) is 20.4 Å². The smallest absolute Gasteiger partial charge is 0.124 e. The number of ether oxygens (including phenoxy) is 2. The third-order valence-corrected chi connectivity index (χ3v) is 2.03. The van der Waals surface area contributed by atoms with Gasteiger partial charge < -0.3 is 9.47 Å². The summed E-state index contributed by atoms with van der Waals surface area (Å²) >= 11 is 5.71. The van der Waals surface area contributed by atoms with Gasteiger partial charge in [-0.2, -0.15) is 0 Å². The molecule has 0 aliphatic rings. The van der Waals surface area contributed by atoms with Crippen LogP contribution >= 0.6 is 11.6 Å². The maximum absolute atomic E-state index is 11.9. The van der Waals surface area contributed by atoms with Gasteiger partial charge in [-0.25, -0.2) is 4.39 Å². The fourth-order valence-electron chi connectivity index (χ4n) is 1.08. The molecule has 14 heavy (non-hydrogen) atoms. The van der Waals surface area contributed by atoms with Crippen molar-refractivity contribution in [3.8, 4) is 11.5 Å². The van der Waals surface area contributed by atoms with E-state index in [0.29, 0.717) is 17.4 Å². The van der Waals surface area contributed by atoms with E-state index in [9.17, 15) is 4.39 Å². The summed E-state index contributed by atoms with van der Waals surface area (Å²) < 4.78 is 22.1. The minimum Gasteiger partial charge on any atom is -0.497 e. The highest BCUT2D eigenvalue weighted by atomic mass is 35.5. The molecule has 0 aliphatic carbocycles. The molecule has 78 valence electrons. The third-order valence-electron chi connectivity index (χ3n) is 1.75. The largest absolute Gasteiger partial charge is 0.497 e. The molecule has 1 aromatic carbocycles. The van der Waals surface area contributed by atoms with Crippen molar-refractivity contribution in [2.75, 3.05) is 20.4 Å². The summed E-state index contributed by atoms with van der Waals surface area (Å²) in [4.78, 5) is 0. The number of alkyl halides is 2. The topological polar surface area (TPSA) is 18.5 Å². The SMILES string of the molecule is COc1ccc(OCCF)c(CCl)c1. The van der Waals surface area contributed by atoms with E-state index >= 15 is 0 Å². The molecule has 0 spiro atoms. The van der Waals surface area contributed by atoms with E-state index < -0.39 is 6.67 Å². The Bertz CT molecular complexity index is 291. The molecule has 0 saturated heterocycles. The van der Waals surface area contributed by atoms with Gasteiger partial charge in [-0.1, -0.05) is 0 Å². The predicted octanol–water partition coefficient (Wildman–Crippen LogP) is 2.78. The Balaban J connectivity index is 2.82. The second-order valence-electron chi connectivity index (χ2n) is 2.64. The Labute approximate surface area is 87.6 Å². The van der Waals surface area contributed by atoms with Crippen LogP contribution in [0.1, 0.15) is 5.56 Å². The van der Waals surface area contributed by atoms with Gasteiger partial charge in [0.05, 0.1) is 13.0 Å². The lowest BCUT2D eigenvalue weighted by molar-refractivity contribution is 0.271. The van der Waals surface area contributed by atoms with E-state index in [4.69, 9.17) is 21.1 Å². The molecule has 0 aromatic heterocycles. The van der Waals surface area contributed by atoms with Crippen molar-refractivity contribution in [2.24, 2.45) is 0 Å². The number of hydrogen-bond donors (Lipinski definition) is 0. The zero-order valence-corrected chi connectivity index (χ0v) is 8.68. The van der Waals surface area contributed by atoms with Gasteiger partial charge in [0.1, 0.15) is 24.8 Å². The third kappa shape index (κ3) is 2.77. The van der Waals surface area contributed by atoms with Crippen LogP contribution in [0.25, 0.3) is 0 Å². The molecule has 1 aromatic rings. The molecule has 0 atom stereocenters. The molecule has 0 saturated carbocycles. The van der Waals surface area contributed by atoms with Gasteiger partial charge in [0, 0.05) is 5.56 Å². The lowest BCUT2D eigenvalue weighted by atomic mass is 10.2. The molecule has 0 fully saturated rings. The van der Waals surface area contributed by atoms with Crippen LogP contribution in [0.5, 0.6) is 11.5 Å². The van der Waals surface area contributed by atoms with E-state index in [1.165, 1.54) is 0 Å². The molecule has 0 bridgehead atoms. The van der Waals surface area contributed by atoms with Crippen molar-refractivity contribution in [1.29, 1.82) is 0 Å². The zero-order valence-electron chi connectivity index (χ0n) is 7.93. The number of hydrogen-bond acceptors (Lipinski definition) is 2. The van der Waals surface area contributed by atoms with Crippen molar-refractivity contribution in [2.45, 2.75) is 5.88 Å². The standard InChI is InChI=1S/C10H12ClFO2/c1-13-9-2-3-10(14-5-4-12)8(6-9)7-11/h2-3,6H,4-5,7H2,1H3. The van der Waals surface area contributed by atoms with Crippen molar-refractivity contribution in [3.63, 3.8) is 0 Å². The average Bonchev–Trinajstić information content (AvgIpc) is 2.26. The van der Waals surface area contributed by atoms with Crippen molar-refractivity contribution in [1.82, 2.24) is 0 Å². The van der Waals surface area contributed by atoms with Crippen LogP contribution in [0.4, 0.5) is 4.39 Å². The minimum atomic E-state index is -0.506. The van der Waals surface area contributed by atoms with Crippen LogP contribution < -0.4 is 9.47 Å². The average molecular weight is 219 g/mol. The molecule has 0 unspecified atom stereocenters. The van der Waals surface area contributed by atoms with Crippen LogP contribution in [0.15, 0.2) is 18.2 Å². The van der Waals surface area contributed by atoms with Crippen molar-refractivity contribution in [3.05, 3.63) is 23.8 Å². The van der Waals surface area contributed by atoms with Gasteiger partial charge in [-0.3, -0.25) is 0 Å². The second kappa shape index (κ2) is 5.70. The van der Waals surface area contributed by atoms with Gasteiger partial charge in [-0.05, 0) is 18.2 Å². The van der Waals surface area contributed by atoms with E-state index in [1.54, 1.807) is 25.3 Å². The molecule has 0 heterocycles. The monoisotopic (exact) mass is 218 g/mol. The first-order valence-electron chi connectivity index (χ1n) is 4.23. The van der Waals surface area contributed by atoms with Gasteiger partial charge in [-0.15, -0.1) is 11.6 Å². The van der Waals surface area contributed by atoms with Crippen molar-refractivity contribution < 1.29 is 13.9 Å². The lowest BCUT2D eigenvalue weighted by Gasteiger charge is -2.09. The Morgan fingerprint density at radius 1 is 1.43 bits per heavy atom. The highest BCUT2D eigenvalue weighted by Crippen LogP contribution is 2.25. The Kier molecular flexibility index (Phi) is 4.53. The summed E-state index contributed by atoms with van der Waals surface area (Å²) in [6, 6.07) is 5.26. The molecule has 0 radical (unpaired) electrons. The molecule has 0 aliphatic heterocycles. The number of rotatable bonds is 5. The molecular formula is C10H12ClFO2. The fourth-order valence-corrected chi connectivity index (χ4v) is 1.29. The zero-order chi connectivity index (χ0) is 10.4. The first-order chi connectivity index (χ1) is 6.81. The summed E-state index contributed by atoms with van der Waals surface area (Å²) in [6.45, 7) is -0.454. The molecular weight excluding hydrogens is 207 g/mol. The predicted molar refractivity (Wildman–Crippen MR) is 54.0 cm³/mol. The number of benzene rings is 1. The first-order valence-corrected chi connectivity index (χ1v) is 4.77. The van der Waals surface area contributed by atoms with Crippen molar-refractivity contribution >= 4 is 11.6 Å². The van der Waals surface area contributed by atoms with Crippen LogP contribution in [0, 0.1) is 0 Å². The maximum atomic E-state index is 11.9. The summed E-state index contributed by atoms with van der Waals surface area (Å²) in [6.07, 6.45) is 0. The molecule has 1 rings (SSSR count). The normalized spacial score (nSPS) is 9.93. The number of methoxy groups -OCH3 is 1. The number of halogens is 2. The van der Waals surface area contributed by atoms with E-state index in [0.717, 1.165) is 5.56 Å². The van der Waals surface area contributed by atoms with Crippen LogP contribution in [0.3, 0.4) is 0 Å². The van der Waals surface area contributed by atoms with Gasteiger partial charge in [0.2, 0.25) is 0 Å². The highest BCUT2D eigenvalue weighted by Gasteiger charge is 2.04. The Hall–Kier alpha value is -0.960. The molecule has 0 amide bonds. The van der Waals surface area contributed by atoms with E-state index in [-0.39, 0.29) is 6.61 Å².